The Morgan fingerprint density at radius 3 is 2.47 bits per heavy atom. The van der Waals surface area contributed by atoms with Crippen LogP contribution in [0, 0.1) is 0 Å². The van der Waals surface area contributed by atoms with Gasteiger partial charge < -0.3 is 35.3 Å². The summed E-state index contributed by atoms with van der Waals surface area (Å²) >= 11 is 1.59. The van der Waals surface area contributed by atoms with Crippen LogP contribution >= 0.6 is 11.8 Å². The van der Waals surface area contributed by atoms with Gasteiger partial charge in [-0.3, -0.25) is 14.4 Å². The molecule has 3 aromatic carbocycles. The number of amides is 2. The highest BCUT2D eigenvalue weighted by Gasteiger charge is 2.30. The van der Waals surface area contributed by atoms with Crippen LogP contribution in [0.5, 0.6) is 23.0 Å². The molecule has 228 valence electrons. The van der Waals surface area contributed by atoms with Gasteiger partial charge in [0.2, 0.25) is 23.0 Å². The summed E-state index contributed by atoms with van der Waals surface area (Å²) in [5.74, 6) is 1.53. The topological polar surface area (TPSA) is 135 Å². The minimum atomic E-state index is -0.734. The Morgan fingerprint density at radius 1 is 1.05 bits per heavy atom. The predicted molar refractivity (Wildman–Crippen MR) is 170 cm³/mol. The molecule has 0 spiro atoms. The summed E-state index contributed by atoms with van der Waals surface area (Å²) in [5, 5.41) is 18.8. The third-order valence-corrected chi connectivity index (χ3v) is 7.93. The summed E-state index contributed by atoms with van der Waals surface area (Å²) in [6.07, 6.45) is 3.51. The number of carbonyl (C=O) groups is 2. The van der Waals surface area contributed by atoms with E-state index in [9.17, 15) is 19.5 Å². The van der Waals surface area contributed by atoms with Crippen molar-refractivity contribution in [3.8, 4) is 34.1 Å². The van der Waals surface area contributed by atoms with E-state index in [1.54, 1.807) is 44.2 Å². The molecule has 0 aliphatic heterocycles. The molecular weight excluding hydrogens is 570 g/mol. The monoisotopic (exact) mass is 607 g/mol. The maximum Gasteiger partial charge on any atom is 0.246 e. The number of hydrogen-bond donors (Lipinski definition) is 4. The lowest BCUT2D eigenvalue weighted by molar-refractivity contribution is -0.120. The molecule has 11 heteroatoms. The van der Waals surface area contributed by atoms with Crippen LogP contribution in [0.2, 0.25) is 0 Å². The second-order valence-electron chi connectivity index (χ2n) is 10.1. The molecule has 0 saturated heterocycles. The number of rotatable bonds is 11. The summed E-state index contributed by atoms with van der Waals surface area (Å²) in [6, 6.07) is 12.0. The van der Waals surface area contributed by atoms with Gasteiger partial charge in [-0.05, 0) is 78.3 Å². The first-order chi connectivity index (χ1) is 20.7. The van der Waals surface area contributed by atoms with E-state index >= 15 is 0 Å². The van der Waals surface area contributed by atoms with Gasteiger partial charge in [-0.2, -0.15) is 11.8 Å². The molecule has 0 unspecified atom stereocenters. The maximum atomic E-state index is 13.7. The van der Waals surface area contributed by atoms with Crippen molar-refractivity contribution < 1.29 is 28.9 Å². The van der Waals surface area contributed by atoms with Gasteiger partial charge in [-0.25, -0.2) is 0 Å². The van der Waals surface area contributed by atoms with Gasteiger partial charge in [0.1, 0.15) is 11.8 Å². The van der Waals surface area contributed by atoms with Crippen molar-refractivity contribution in [2.45, 2.75) is 38.3 Å². The third-order valence-electron chi connectivity index (χ3n) is 7.29. The van der Waals surface area contributed by atoms with Crippen LogP contribution in [0.3, 0.4) is 0 Å². The van der Waals surface area contributed by atoms with Crippen LogP contribution in [0.4, 0.5) is 11.4 Å². The van der Waals surface area contributed by atoms with Gasteiger partial charge in [0.05, 0.1) is 33.1 Å². The number of phenols is 1. The molecule has 4 rings (SSSR count). The molecule has 4 N–H and O–H groups in total. The highest BCUT2D eigenvalue weighted by atomic mass is 32.2. The molecule has 0 heterocycles. The van der Waals surface area contributed by atoms with Crippen LogP contribution in [0.1, 0.15) is 36.9 Å². The summed E-state index contributed by atoms with van der Waals surface area (Å²) in [5.41, 5.74) is 3.32. The first-order valence-electron chi connectivity index (χ1n) is 13.8. The molecule has 0 bridgehead atoms. The number of fused-ring (bicyclic) bond motifs is 3. The van der Waals surface area contributed by atoms with Crippen molar-refractivity contribution in [3.05, 3.63) is 69.9 Å². The number of ether oxygens (including phenoxy) is 3. The first-order valence-corrected chi connectivity index (χ1v) is 15.2. The van der Waals surface area contributed by atoms with Crippen LogP contribution in [0.15, 0.2) is 53.3 Å². The van der Waals surface area contributed by atoms with Crippen molar-refractivity contribution >= 4 is 35.0 Å². The smallest absolute Gasteiger partial charge is 0.246 e. The molecule has 0 radical (unpaired) electrons. The van der Waals surface area contributed by atoms with Crippen LogP contribution in [-0.2, 0) is 16.0 Å². The number of nitrogens with one attached hydrogen (secondary N) is 3. The summed E-state index contributed by atoms with van der Waals surface area (Å²) in [6.45, 7) is 1.44. The second kappa shape index (κ2) is 14.2. The Morgan fingerprint density at radius 2 is 1.81 bits per heavy atom. The van der Waals surface area contributed by atoms with E-state index in [4.69, 9.17) is 14.2 Å². The van der Waals surface area contributed by atoms with Crippen molar-refractivity contribution in [1.29, 1.82) is 0 Å². The Bertz CT molecular complexity index is 1560. The van der Waals surface area contributed by atoms with E-state index in [1.165, 1.54) is 32.2 Å². The number of phenolic OH excluding ortho intramolecular Hbond substituents is 1. The lowest BCUT2D eigenvalue weighted by atomic mass is 9.95. The molecule has 1 aliphatic carbocycles. The van der Waals surface area contributed by atoms with Crippen molar-refractivity contribution in [2.24, 2.45) is 0 Å². The van der Waals surface area contributed by atoms with E-state index in [-0.39, 0.29) is 28.7 Å². The van der Waals surface area contributed by atoms with E-state index in [0.717, 1.165) is 11.1 Å². The SMILES string of the molecule is COc1cc2c(c(OC)c1OC)-c1ccc(N[C@H](CCSC)C(=O)Nc3cccc(O)c3)c(=O)cc1[C@H](NC(C)=O)CC2. The van der Waals surface area contributed by atoms with Gasteiger partial charge in [-0.15, -0.1) is 0 Å². The van der Waals surface area contributed by atoms with Crippen molar-refractivity contribution in [3.63, 3.8) is 0 Å². The van der Waals surface area contributed by atoms with Gasteiger partial charge in [0.15, 0.2) is 11.5 Å². The fraction of sp³-hybridized carbons (Fsp3) is 0.344. The molecule has 43 heavy (non-hydrogen) atoms. The lowest BCUT2D eigenvalue weighted by Gasteiger charge is -2.19. The zero-order valence-electron chi connectivity index (χ0n) is 24.9. The predicted octanol–water partition coefficient (Wildman–Crippen LogP) is 4.74. The number of hydrogen-bond acceptors (Lipinski definition) is 9. The minimum absolute atomic E-state index is 0.0311. The number of thioether (sulfide) groups is 1. The molecule has 0 aromatic heterocycles. The van der Waals surface area contributed by atoms with E-state index in [0.29, 0.717) is 59.1 Å². The Balaban J connectivity index is 1.84. The van der Waals surface area contributed by atoms with E-state index < -0.39 is 12.1 Å². The zero-order chi connectivity index (χ0) is 31.1. The molecule has 1 aliphatic rings. The van der Waals surface area contributed by atoms with Crippen LogP contribution in [0.25, 0.3) is 11.1 Å². The van der Waals surface area contributed by atoms with Crippen molar-refractivity contribution in [2.75, 3.05) is 44.0 Å². The molecule has 0 fully saturated rings. The first kappa shape index (κ1) is 31.6. The number of methoxy groups -OCH3 is 3. The van der Waals surface area contributed by atoms with Crippen LogP contribution in [-0.4, -0.2) is 56.3 Å². The number of anilines is 2. The number of benzene rings is 2. The number of carbonyl (C=O) groups excluding carboxylic acids is 2. The fourth-order valence-corrected chi connectivity index (χ4v) is 5.80. The highest BCUT2D eigenvalue weighted by molar-refractivity contribution is 7.98. The van der Waals surface area contributed by atoms with Gasteiger partial charge in [0.25, 0.3) is 0 Å². The normalized spacial score (nSPS) is 14.3. The Hall–Kier alpha value is -4.38. The standard InChI is InChI=1S/C32H37N3O7S/c1-18(36)33-24-11-9-19-15-28(40-2)30(41-3)31(42-4)29(19)22-10-12-25(27(38)17-23(22)24)35-26(13-14-43-5)32(39)34-20-7-6-8-21(37)16-20/h6-8,10,12,15-17,24,26,37H,9,11,13-14H2,1-5H3,(H,33,36)(H,34,39)(H,35,38)/t24-,26-/m1/s1. The van der Waals surface area contributed by atoms with E-state index in [2.05, 4.69) is 16.0 Å². The zero-order valence-corrected chi connectivity index (χ0v) is 25.7. The summed E-state index contributed by atoms with van der Waals surface area (Å²) in [7, 11) is 4.63. The highest BCUT2D eigenvalue weighted by Crippen LogP contribution is 2.50. The Labute approximate surface area is 255 Å². The molecule has 0 saturated carbocycles. The average molecular weight is 608 g/mol. The number of aryl methyl sites for hydroxylation is 1. The summed E-state index contributed by atoms with van der Waals surface area (Å²) < 4.78 is 17.1. The van der Waals surface area contributed by atoms with Gasteiger partial charge in [0, 0.05) is 24.2 Å². The quantitative estimate of drug-likeness (QED) is 0.244. The second-order valence-corrected chi connectivity index (χ2v) is 11.1. The minimum Gasteiger partial charge on any atom is -0.508 e. The molecular formula is C32H37N3O7S. The van der Waals surface area contributed by atoms with E-state index in [1.807, 2.05) is 18.4 Å². The number of aromatic hydroxyl groups is 1. The fourth-order valence-electron chi connectivity index (χ4n) is 5.33. The summed E-state index contributed by atoms with van der Waals surface area (Å²) in [4.78, 5) is 39.3. The third kappa shape index (κ3) is 7.16. The molecule has 2 amide bonds. The largest absolute Gasteiger partial charge is 0.508 e. The Kier molecular flexibility index (Phi) is 10.4. The molecule has 2 atom stereocenters. The lowest BCUT2D eigenvalue weighted by Crippen LogP contribution is -2.36. The molecule has 10 nitrogen and oxygen atoms in total. The van der Waals surface area contributed by atoms with Gasteiger partial charge in [-0.1, -0.05) is 12.1 Å². The van der Waals surface area contributed by atoms with Crippen molar-refractivity contribution in [1.82, 2.24) is 5.32 Å². The van der Waals surface area contributed by atoms with Gasteiger partial charge >= 0.3 is 0 Å². The van der Waals surface area contributed by atoms with Crippen LogP contribution < -0.4 is 35.6 Å². The molecule has 3 aromatic rings. The average Bonchev–Trinajstić information content (AvgIpc) is 3.22. The maximum absolute atomic E-state index is 13.7.